The number of nitrogens with one attached hydrogen (secondary N) is 1. The molecule has 1 N–H and O–H groups in total. The van der Waals surface area contributed by atoms with Crippen LogP contribution in [0.15, 0.2) is 42.5 Å². The van der Waals surface area contributed by atoms with Crippen LogP contribution in [0.4, 0.5) is 5.69 Å². The van der Waals surface area contributed by atoms with Crippen LogP contribution in [0.5, 0.6) is 5.75 Å². The molecule has 0 aliphatic heterocycles. The zero-order valence-corrected chi connectivity index (χ0v) is 13.9. The summed E-state index contributed by atoms with van der Waals surface area (Å²) in [5.74, 6) is -0.595. The first-order chi connectivity index (χ1) is 11.5. The summed E-state index contributed by atoms with van der Waals surface area (Å²) in [6.07, 6.45) is 0.272. The second kappa shape index (κ2) is 8.34. The Morgan fingerprint density at radius 3 is 2.29 bits per heavy atom. The Labute approximate surface area is 148 Å². The standard InChI is InChI=1S/C17H12Cl2N2O3/c18-12-8-13(19)10-15(9-12)24-17(23)11-3-5-14(6-4-11)21-16(22)2-1-7-20/h3-6,8-10H,1-2H2,(H,21,22). The summed E-state index contributed by atoms with van der Waals surface area (Å²) in [6, 6.07) is 12.6. The van der Waals surface area contributed by atoms with Crippen LogP contribution >= 0.6 is 23.2 Å². The smallest absolute Gasteiger partial charge is 0.343 e. The van der Waals surface area contributed by atoms with Crippen molar-refractivity contribution in [1.82, 2.24) is 0 Å². The molecule has 0 saturated heterocycles. The number of esters is 1. The molecule has 0 spiro atoms. The van der Waals surface area contributed by atoms with Crippen molar-refractivity contribution in [2.24, 2.45) is 0 Å². The van der Waals surface area contributed by atoms with Crippen LogP contribution in [0.1, 0.15) is 23.2 Å². The van der Waals surface area contributed by atoms with Crippen LogP contribution < -0.4 is 10.1 Å². The summed E-state index contributed by atoms with van der Waals surface area (Å²) in [7, 11) is 0. The number of carbonyl (C=O) groups is 2. The summed E-state index contributed by atoms with van der Waals surface area (Å²) >= 11 is 11.7. The van der Waals surface area contributed by atoms with Gasteiger partial charge in [0.25, 0.3) is 0 Å². The number of hydrogen-bond acceptors (Lipinski definition) is 4. The van der Waals surface area contributed by atoms with Crippen LogP contribution in [-0.2, 0) is 4.79 Å². The molecule has 122 valence electrons. The highest BCUT2D eigenvalue weighted by molar-refractivity contribution is 6.34. The Balaban J connectivity index is 2.00. The highest BCUT2D eigenvalue weighted by Gasteiger charge is 2.10. The van der Waals surface area contributed by atoms with E-state index in [1.165, 1.54) is 30.3 Å². The molecule has 0 saturated carbocycles. The molecule has 1 amide bonds. The Morgan fingerprint density at radius 1 is 1.08 bits per heavy atom. The van der Waals surface area contributed by atoms with E-state index in [1.807, 2.05) is 6.07 Å². The lowest BCUT2D eigenvalue weighted by molar-refractivity contribution is -0.116. The molecule has 0 aliphatic carbocycles. The molecule has 0 fully saturated rings. The molecular weight excluding hydrogens is 351 g/mol. The van der Waals surface area contributed by atoms with Gasteiger partial charge in [-0.3, -0.25) is 4.79 Å². The number of hydrogen-bond donors (Lipinski definition) is 1. The molecule has 0 atom stereocenters. The first-order valence-corrected chi connectivity index (χ1v) is 7.68. The fourth-order valence-electron chi connectivity index (χ4n) is 1.84. The molecule has 0 unspecified atom stereocenters. The summed E-state index contributed by atoms with van der Waals surface area (Å²) in [6.45, 7) is 0. The molecule has 0 aromatic heterocycles. The Bertz CT molecular complexity index is 778. The minimum absolute atomic E-state index is 0.121. The van der Waals surface area contributed by atoms with Crippen molar-refractivity contribution in [2.75, 3.05) is 5.32 Å². The van der Waals surface area contributed by atoms with Crippen molar-refractivity contribution in [3.8, 4) is 11.8 Å². The summed E-state index contributed by atoms with van der Waals surface area (Å²) in [5.41, 5.74) is 0.835. The number of anilines is 1. The van der Waals surface area contributed by atoms with Gasteiger partial charge in [0.2, 0.25) is 5.91 Å². The van der Waals surface area contributed by atoms with E-state index in [-0.39, 0.29) is 24.5 Å². The van der Waals surface area contributed by atoms with Crippen molar-refractivity contribution in [3.05, 3.63) is 58.1 Å². The number of nitriles is 1. The van der Waals surface area contributed by atoms with E-state index in [4.69, 9.17) is 33.2 Å². The lowest BCUT2D eigenvalue weighted by Gasteiger charge is -2.07. The van der Waals surface area contributed by atoms with E-state index >= 15 is 0 Å². The number of nitrogens with zero attached hydrogens (tertiary/aromatic N) is 1. The van der Waals surface area contributed by atoms with E-state index in [2.05, 4.69) is 5.32 Å². The largest absolute Gasteiger partial charge is 0.423 e. The van der Waals surface area contributed by atoms with Gasteiger partial charge in [-0.05, 0) is 42.5 Å². The number of rotatable bonds is 5. The monoisotopic (exact) mass is 362 g/mol. The van der Waals surface area contributed by atoms with Gasteiger partial charge in [-0.15, -0.1) is 0 Å². The summed E-state index contributed by atoms with van der Waals surface area (Å²) in [5, 5.41) is 11.8. The van der Waals surface area contributed by atoms with E-state index in [9.17, 15) is 9.59 Å². The predicted octanol–water partition coefficient (Wildman–Crippen LogP) is 4.45. The van der Waals surface area contributed by atoms with Gasteiger partial charge in [0.1, 0.15) is 5.75 Å². The van der Waals surface area contributed by atoms with Crippen LogP contribution in [0.2, 0.25) is 10.0 Å². The van der Waals surface area contributed by atoms with Crippen molar-refractivity contribution < 1.29 is 14.3 Å². The van der Waals surface area contributed by atoms with Gasteiger partial charge in [0.15, 0.2) is 0 Å². The Kier molecular flexibility index (Phi) is 6.19. The maximum Gasteiger partial charge on any atom is 0.343 e. The lowest BCUT2D eigenvalue weighted by Crippen LogP contribution is -2.12. The van der Waals surface area contributed by atoms with Crippen molar-refractivity contribution in [1.29, 1.82) is 5.26 Å². The Morgan fingerprint density at radius 2 is 1.71 bits per heavy atom. The molecule has 0 aliphatic rings. The van der Waals surface area contributed by atoms with E-state index in [0.717, 1.165) is 0 Å². The second-order valence-corrected chi connectivity index (χ2v) is 5.65. The van der Waals surface area contributed by atoms with Crippen LogP contribution in [-0.4, -0.2) is 11.9 Å². The van der Waals surface area contributed by atoms with Crippen LogP contribution in [0.25, 0.3) is 0 Å². The fourth-order valence-corrected chi connectivity index (χ4v) is 2.34. The molecular formula is C17H12Cl2N2O3. The van der Waals surface area contributed by atoms with E-state index in [0.29, 0.717) is 21.3 Å². The molecule has 5 nitrogen and oxygen atoms in total. The molecule has 0 radical (unpaired) electrons. The third-order valence-corrected chi connectivity index (χ3v) is 3.35. The maximum absolute atomic E-state index is 12.1. The Hall–Kier alpha value is -2.55. The highest BCUT2D eigenvalue weighted by atomic mass is 35.5. The number of benzene rings is 2. The zero-order valence-electron chi connectivity index (χ0n) is 12.4. The molecule has 2 rings (SSSR count). The second-order valence-electron chi connectivity index (χ2n) is 4.78. The number of amides is 1. The van der Waals surface area contributed by atoms with Gasteiger partial charge in [0, 0.05) is 28.6 Å². The minimum atomic E-state index is -0.573. The van der Waals surface area contributed by atoms with Crippen molar-refractivity contribution >= 4 is 40.8 Å². The van der Waals surface area contributed by atoms with Crippen molar-refractivity contribution in [3.63, 3.8) is 0 Å². The number of halogens is 2. The van der Waals surface area contributed by atoms with E-state index in [1.54, 1.807) is 12.1 Å². The van der Waals surface area contributed by atoms with E-state index < -0.39 is 5.97 Å². The molecule has 0 bridgehead atoms. The van der Waals surface area contributed by atoms with Crippen molar-refractivity contribution in [2.45, 2.75) is 12.8 Å². The van der Waals surface area contributed by atoms with Gasteiger partial charge in [0.05, 0.1) is 11.6 Å². The fraction of sp³-hybridized carbons (Fsp3) is 0.118. The van der Waals surface area contributed by atoms with Gasteiger partial charge >= 0.3 is 5.97 Å². The van der Waals surface area contributed by atoms with Gasteiger partial charge in [-0.1, -0.05) is 23.2 Å². The first kappa shape index (κ1) is 17.8. The molecule has 7 heteroatoms. The van der Waals surface area contributed by atoms with Gasteiger partial charge in [-0.2, -0.15) is 5.26 Å². The van der Waals surface area contributed by atoms with Gasteiger partial charge < -0.3 is 10.1 Å². The normalized spacial score (nSPS) is 9.88. The summed E-state index contributed by atoms with van der Waals surface area (Å²) in [4.78, 5) is 23.6. The number of ether oxygens (including phenoxy) is 1. The average Bonchev–Trinajstić information content (AvgIpc) is 2.52. The topological polar surface area (TPSA) is 79.2 Å². The quantitative estimate of drug-likeness (QED) is 0.629. The molecule has 0 heterocycles. The minimum Gasteiger partial charge on any atom is -0.423 e. The zero-order chi connectivity index (χ0) is 17.5. The molecule has 24 heavy (non-hydrogen) atoms. The maximum atomic E-state index is 12.1. The lowest BCUT2D eigenvalue weighted by atomic mass is 10.2. The molecule has 2 aromatic rings. The average molecular weight is 363 g/mol. The highest BCUT2D eigenvalue weighted by Crippen LogP contribution is 2.25. The number of carbonyl (C=O) groups excluding carboxylic acids is 2. The third-order valence-electron chi connectivity index (χ3n) is 2.91. The van der Waals surface area contributed by atoms with Gasteiger partial charge in [-0.25, -0.2) is 4.79 Å². The SMILES string of the molecule is N#CCCC(=O)Nc1ccc(C(=O)Oc2cc(Cl)cc(Cl)c2)cc1. The third kappa shape index (κ3) is 5.27. The van der Waals surface area contributed by atoms with Crippen LogP contribution in [0.3, 0.4) is 0 Å². The summed E-state index contributed by atoms with van der Waals surface area (Å²) < 4.78 is 5.20. The predicted molar refractivity (Wildman–Crippen MR) is 91.3 cm³/mol. The van der Waals surface area contributed by atoms with Crippen LogP contribution in [0, 0.1) is 11.3 Å². The molecule has 2 aromatic carbocycles. The first-order valence-electron chi connectivity index (χ1n) is 6.93.